The molecule has 1 saturated heterocycles. The molecular formula is C14H24ClN5O. The van der Waals surface area contributed by atoms with E-state index in [-0.39, 0.29) is 30.3 Å². The van der Waals surface area contributed by atoms with E-state index >= 15 is 0 Å². The second-order valence-corrected chi connectivity index (χ2v) is 6.21. The lowest BCUT2D eigenvalue weighted by Crippen LogP contribution is -2.41. The van der Waals surface area contributed by atoms with Crippen molar-refractivity contribution in [2.24, 2.45) is 5.73 Å². The van der Waals surface area contributed by atoms with Gasteiger partial charge in [0.25, 0.3) is 0 Å². The van der Waals surface area contributed by atoms with Crippen LogP contribution >= 0.6 is 12.4 Å². The van der Waals surface area contributed by atoms with Crippen molar-refractivity contribution in [3.63, 3.8) is 0 Å². The third kappa shape index (κ3) is 3.95. The Kier molecular flexibility index (Phi) is 5.22. The van der Waals surface area contributed by atoms with Crippen molar-refractivity contribution in [2.75, 3.05) is 13.1 Å². The molecule has 3 N–H and O–H groups in total. The molecule has 21 heavy (non-hydrogen) atoms. The molecule has 3 rings (SSSR count). The Morgan fingerprint density at radius 2 is 2.19 bits per heavy atom. The van der Waals surface area contributed by atoms with E-state index in [4.69, 9.17) is 5.73 Å². The number of carbonyl (C=O) groups excluding carboxylic acids is 1. The van der Waals surface area contributed by atoms with E-state index in [1.54, 1.807) is 0 Å². The van der Waals surface area contributed by atoms with Crippen molar-refractivity contribution < 1.29 is 4.79 Å². The molecular weight excluding hydrogens is 290 g/mol. The van der Waals surface area contributed by atoms with Gasteiger partial charge in [-0.1, -0.05) is 0 Å². The van der Waals surface area contributed by atoms with Crippen LogP contribution in [-0.4, -0.2) is 45.1 Å². The Balaban J connectivity index is 0.00000161. The van der Waals surface area contributed by atoms with Crippen LogP contribution in [0.15, 0.2) is 0 Å². The van der Waals surface area contributed by atoms with Crippen LogP contribution in [0, 0.1) is 0 Å². The normalized spacial score (nSPS) is 23.5. The van der Waals surface area contributed by atoms with Gasteiger partial charge in [-0.15, -0.1) is 12.4 Å². The summed E-state index contributed by atoms with van der Waals surface area (Å²) >= 11 is 0. The van der Waals surface area contributed by atoms with Crippen molar-refractivity contribution in [3.05, 3.63) is 11.6 Å². The number of piperidine rings is 1. The summed E-state index contributed by atoms with van der Waals surface area (Å²) in [4.78, 5) is 18.6. The predicted octanol–water partition coefficient (Wildman–Crippen LogP) is 1.55. The van der Waals surface area contributed by atoms with Crippen LogP contribution in [0.1, 0.15) is 62.5 Å². The fraction of sp³-hybridized carbons (Fsp3) is 0.786. The highest BCUT2D eigenvalue weighted by Crippen LogP contribution is 2.38. The first-order valence-electron chi connectivity index (χ1n) is 7.59. The summed E-state index contributed by atoms with van der Waals surface area (Å²) in [6.45, 7) is 3.44. The molecule has 1 saturated carbocycles. The minimum absolute atomic E-state index is 0. The number of likely N-dealkylation sites (tertiary alicyclic amines) is 1. The molecule has 0 radical (unpaired) electrons. The second kappa shape index (κ2) is 6.75. The topological polar surface area (TPSA) is 87.9 Å². The zero-order chi connectivity index (χ0) is 14.1. The molecule has 2 unspecified atom stereocenters. The number of halogens is 1. The Hall–Kier alpha value is -1.14. The number of amides is 1. The van der Waals surface area contributed by atoms with E-state index < -0.39 is 0 Å². The molecule has 0 bridgehead atoms. The van der Waals surface area contributed by atoms with Crippen molar-refractivity contribution in [3.8, 4) is 0 Å². The van der Waals surface area contributed by atoms with E-state index in [1.165, 1.54) is 12.8 Å². The summed E-state index contributed by atoms with van der Waals surface area (Å²) in [6, 6.07) is -0.0761. The Bertz CT molecular complexity index is 485. The van der Waals surface area contributed by atoms with Gasteiger partial charge in [0.05, 0.1) is 0 Å². The molecule has 2 fully saturated rings. The van der Waals surface area contributed by atoms with Crippen molar-refractivity contribution in [2.45, 2.75) is 56.9 Å². The van der Waals surface area contributed by atoms with Gasteiger partial charge in [-0.2, -0.15) is 5.10 Å². The maximum Gasteiger partial charge on any atom is 0.224 e. The molecule has 6 nitrogen and oxygen atoms in total. The van der Waals surface area contributed by atoms with Crippen LogP contribution in [0.3, 0.4) is 0 Å². The molecule has 1 amide bonds. The third-order valence-corrected chi connectivity index (χ3v) is 4.12. The SMILES string of the molecule is CC(N)CC(=O)N1CCCC(c2n[nH]c(C3CC3)n2)C1.Cl. The van der Waals surface area contributed by atoms with Crippen molar-refractivity contribution >= 4 is 18.3 Å². The van der Waals surface area contributed by atoms with Crippen LogP contribution < -0.4 is 5.73 Å². The average Bonchev–Trinajstić information content (AvgIpc) is 3.16. The third-order valence-electron chi connectivity index (χ3n) is 4.12. The fourth-order valence-electron chi connectivity index (χ4n) is 2.83. The van der Waals surface area contributed by atoms with Crippen LogP contribution in [-0.2, 0) is 4.79 Å². The fourth-order valence-corrected chi connectivity index (χ4v) is 2.83. The number of hydrogen-bond donors (Lipinski definition) is 2. The maximum atomic E-state index is 12.1. The number of nitrogens with one attached hydrogen (secondary N) is 1. The Labute approximate surface area is 131 Å². The average molecular weight is 314 g/mol. The number of nitrogens with two attached hydrogens (primary N) is 1. The quantitative estimate of drug-likeness (QED) is 0.882. The molecule has 2 heterocycles. The summed E-state index contributed by atoms with van der Waals surface area (Å²) in [5, 5.41) is 7.41. The van der Waals surface area contributed by atoms with Crippen molar-refractivity contribution in [1.29, 1.82) is 0 Å². The molecule has 118 valence electrons. The highest BCUT2D eigenvalue weighted by Gasteiger charge is 2.31. The molecule has 7 heteroatoms. The summed E-state index contributed by atoms with van der Waals surface area (Å²) in [6.07, 6.45) is 4.94. The molecule has 1 aliphatic carbocycles. The number of aromatic amines is 1. The minimum Gasteiger partial charge on any atom is -0.342 e. The van der Waals surface area contributed by atoms with Gasteiger partial charge in [0.2, 0.25) is 5.91 Å². The Morgan fingerprint density at radius 3 is 2.86 bits per heavy atom. The first-order valence-corrected chi connectivity index (χ1v) is 7.59. The van der Waals surface area contributed by atoms with Gasteiger partial charge in [0.1, 0.15) is 5.82 Å². The molecule has 1 aromatic rings. The molecule has 0 aromatic carbocycles. The number of rotatable bonds is 4. The first-order chi connectivity index (χ1) is 9.63. The standard InChI is InChI=1S/C14H23N5O.ClH/c1-9(15)7-12(20)19-6-2-3-11(8-19)14-16-13(17-18-14)10-4-5-10;/h9-11H,2-8,15H2,1H3,(H,16,17,18);1H. The molecule has 1 aromatic heterocycles. The van der Waals surface area contributed by atoms with Gasteiger partial charge in [-0.05, 0) is 32.6 Å². The van der Waals surface area contributed by atoms with E-state index in [0.717, 1.165) is 37.6 Å². The lowest BCUT2D eigenvalue weighted by atomic mass is 9.97. The molecule has 2 atom stereocenters. The number of aromatic nitrogens is 3. The zero-order valence-corrected chi connectivity index (χ0v) is 13.2. The smallest absolute Gasteiger partial charge is 0.224 e. The van der Waals surface area contributed by atoms with Crippen LogP contribution in [0.25, 0.3) is 0 Å². The van der Waals surface area contributed by atoms with Crippen LogP contribution in [0.5, 0.6) is 0 Å². The molecule has 0 spiro atoms. The first kappa shape index (κ1) is 16.2. The maximum absolute atomic E-state index is 12.1. The highest BCUT2D eigenvalue weighted by atomic mass is 35.5. The highest BCUT2D eigenvalue weighted by molar-refractivity contribution is 5.85. The van der Waals surface area contributed by atoms with Crippen LogP contribution in [0.2, 0.25) is 0 Å². The number of H-pyrrole nitrogens is 1. The van der Waals surface area contributed by atoms with Gasteiger partial charge in [0.15, 0.2) is 5.82 Å². The second-order valence-electron chi connectivity index (χ2n) is 6.21. The number of nitrogens with zero attached hydrogens (tertiary/aromatic N) is 3. The van der Waals surface area contributed by atoms with Gasteiger partial charge in [-0.25, -0.2) is 4.98 Å². The van der Waals surface area contributed by atoms with Crippen molar-refractivity contribution in [1.82, 2.24) is 20.1 Å². The number of carbonyl (C=O) groups is 1. The van der Waals surface area contributed by atoms with E-state index in [0.29, 0.717) is 12.3 Å². The van der Waals surface area contributed by atoms with Gasteiger partial charge < -0.3 is 10.6 Å². The summed E-state index contributed by atoms with van der Waals surface area (Å²) in [7, 11) is 0. The summed E-state index contributed by atoms with van der Waals surface area (Å²) in [5.74, 6) is 2.92. The van der Waals surface area contributed by atoms with Gasteiger partial charge >= 0.3 is 0 Å². The van der Waals surface area contributed by atoms with E-state index in [1.807, 2.05) is 11.8 Å². The monoisotopic (exact) mass is 313 g/mol. The van der Waals surface area contributed by atoms with E-state index in [2.05, 4.69) is 15.2 Å². The lowest BCUT2D eigenvalue weighted by molar-refractivity contribution is -0.132. The van der Waals surface area contributed by atoms with E-state index in [9.17, 15) is 4.79 Å². The van der Waals surface area contributed by atoms with Crippen LogP contribution in [0.4, 0.5) is 0 Å². The molecule has 1 aliphatic heterocycles. The van der Waals surface area contributed by atoms with Gasteiger partial charge in [-0.3, -0.25) is 9.89 Å². The predicted molar refractivity (Wildman–Crippen MR) is 82.4 cm³/mol. The molecule has 2 aliphatic rings. The summed E-state index contributed by atoms with van der Waals surface area (Å²) in [5.41, 5.74) is 5.71. The minimum atomic E-state index is -0.0761. The number of hydrogen-bond acceptors (Lipinski definition) is 4. The zero-order valence-electron chi connectivity index (χ0n) is 12.4. The lowest BCUT2D eigenvalue weighted by Gasteiger charge is -2.32. The largest absolute Gasteiger partial charge is 0.342 e. The summed E-state index contributed by atoms with van der Waals surface area (Å²) < 4.78 is 0. The Morgan fingerprint density at radius 1 is 1.43 bits per heavy atom. The van der Waals surface area contributed by atoms with Gasteiger partial charge in [0, 0.05) is 37.4 Å².